The fourth-order valence-electron chi connectivity index (χ4n) is 1.43. The van der Waals surface area contributed by atoms with Gasteiger partial charge >= 0.3 is 5.97 Å². The molecule has 0 fully saturated rings. The molecule has 2 atom stereocenters. The molecular weight excluding hydrogens is 197 g/mol. The molecule has 1 aromatic rings. The van der Waals surface area contributed by atoms with Gasteiger partial charge in [0.15, 0.2) is 0 Å². The van der Waals surface area contributed by atoms with Crippen LogP contribution < -0.4 is 5.73 Å². The van der Waals surface area contributed by atoms with Crippen LogP contribution in [0.1, 0.15) is 24.0 Å². The van der Waals surface area contributed by atoms with E-state index in [9.17, 15) is 9.18 Å². The summed E-state index contributed by atoms with van der Waals surface area (Å²) in [6, 6.07) is 3.81. The molecule has 0 aromatic heterocycles. The van der Waals surface area contributed by atoms with Gasteiger partial charge in [-0.2, -0.15) is 0 Å². The van der Waals surface area contributed by atoms with Crippen LogP contribution in [0.25, 0.3) is 0 Å². The molecule has 0 radical (unpaired) electrons. The smallest absolute Gasteiger partial charge is 0.321 e. The highest BCUT2D eigenvalue weighted by molar-refractivity contribution is 5.74. The standard InChI is InChI=1S/C11H14FNO2/c1-6-4-3-5-8(9(6)12)7(2)10(13)11(14)15/h3-5,7,10H,13H2,1-2H3,(H,14,15). The number of rotatable bonds is 3. The number of halogens is 1. The molecule has 0 aliphatic rings. The van der Waals surface area contributed by atoms with Gasteiger partial charge in [0.2, 0.25) is 0 Å². The molecule has 1 rings (SSSR count). The molecule has 2 unspecified atom stereocenters. The van der Waals surface area contributed by atoms with Crippen molar-refractivity contribution in [3.63, 3.8) is 0 Å². The highest BCUT2D eigenvalue weighted by Crippen LogP contribution is 2.23. The van der Waals surface area contributed by atoms with E-state index in [2.05, 4.69) is 0 Å². The third kappa shape index (κ3) is 2.33. The lowest BCUT2D eigenvalue weighted by Crippen LogP contribution is -2.35. The van der Waals surface area contributed by atoms with E-state index in [1.165, 1.54) is 0 Å². The van der Waals surface area contributed by atoms with Gasteiger partial charge < -0.3 is 10.8 Å². The van der Waals surface area contributed by atoms with E-state index in [4.69, 9.17) is 10.8 Å². The molecule has 0 saturated heterocycles. The second kappa shape index (κ2) is 4.40. The number of carboxylic acids is 1. The van der Waals surface area contributed by atoms with Crippen LogP contribution in [0.15, 0.2) is 18.2 Å². The monoisotopic (exact) mass is 211 g/mol. The van der Waals surface area contributed by atoms with Gasteiger partial charge in [0, 0.05) is 5.92 Å². The Morgan fingerprint density at radius 3 is 2.67 bits per heavy atom. The zero-order chi connectivity index (χ0) is 11.6. The Hall–Kier alpha value is -1.42. The van der Waals surface area contributed by atoms with Crippen LogP contribution in [0.2, 0.25) is 0 Å². The molecule has 0 amide bonds. The van der Waals surface area contributed by atoms with Crippen molar-refractivity contribution in [2.24, 2.45) is 5.73 Å². The number of nitrogens with two attached hydrogens (primary N) is 1. The number of hydrogen-bond acceptors (Lipinski definition) is 2. The summed E-state index contributed by atoms with van der Waals surface area (Å²) in [6.45, 7) is 3.24. The van der Waals surface area contributed by atoms with Crippen LogP contribution in [-0.2, 0) is 4.79 Å². The Balaban J connectivity index is 3.06. The van der Waals surface area contributed by atoms with Crippen LogP contribution in [0.3, 0.4) is 0 Å². The molecule has 0 spiro atoms. The maximum Gasteiger partial charge on any atom is 0.321 e. The normalized spacial score (nSPS) is 14.7. The van der Waals surface area contributed by atoms with E-state index in [-0.39, 0.29) is 5.82 Å². The third-order valence-corrected chi connectivity index (χ3v) is 2.54. The van der Waals surface area contributed by atoms with Crippen LogP contribution >= 0.6 is 0 Å². The van der Waals surface area contributed by atoms with Crippen LogP contribution in [-0.4, -0.2) is 17.1 Å². The minimum atomic E-state index is -1.12. The van der Waals surface area contributed by atoms with Crippen molar-refractivity contribution in [2.45, 2.75) is 25.8 Å². The molecule has 0 aliphatic carbocycles. The van der Waals surface area contributed by atoms with Crippen molar-refractivity contribution in [3.05, 3.63) is 35.1 Å². The molecule has 0 bridgehead atoms. The van der Waals surface area contributed by atoms with Gasteiger partial charge in [-0.05, 0) is 18.1 Å². The first-order chi connectivity index (χ1) is 6.95. The molecule has 1 aromatic carbocycles. The molecule has 82 valence electrons. The summed E-state index contributed by atoms with van der Waals surface area (Å²) in [5.41, 5.74) is 6.29. The zero-order valence-electron chi connectivity index (χ0n) is 8.70. The average Bonchev–Trinajstić information content (AvgIpc) is 2.20. The van der Waals surface area contributed by atoms with E-state index in [0.29, 0.717) is 11.1 Å². The Morgan fingerprint density at radius 1 is 1.53 bits per heavy atom. The molecular formula is C11H14FNO2. The van der Waals surface area contributed by atoms with Crippen LogP contribution in [0.5, 0.6) is 0 Å². The predicted molar refractivity (Wildman–Crippen MR) is 55.2 cm³/mol. The maximum atomic E-state index is 13.6. The summed E-state index contributed by atoms with van der Waals surface area (Å²) in [4.78, 5) is 10.7. The fourth-order valence-corrected chi connectivity index (χ4v) is 1.43. The van der Waals surface area contributed by atoms with Crippen LogP contribution in [0.4, 0.5) is 4.39 Å². The van der Waals surface area contributed by atoms with Gasteiger partial charge in [-0.3, -0.25) is 4.79 Å². The first-order valence-corrected chi connectivity index (χ1v) is 4.68. The highest BCUT2D eigenvalue weighted by Gasteiger charge is 2.24. The van der Waals surface area contributed by atoms with E-state index in [1.54, 1.807) is 32.0 Å². The predicted octanol–water partition coefficient (Wildman–Crippen LogP) is 1.65. The first kappa shape index (κ1) is 11.7. The summed E-state index contributed by atoms with van der Waals surface area (Å²) in [7, 11) is 0. The van der Waals surface area contributed by atoms with E-state index >= 15 is 0 Å². The molecule has 4 heteroatoms. The van der Waals surface area contributed by atoms with Crippen molar-refractivity contribution in [1.82, 2.24) is 0 Å². The second-order valence-corrected chi connectivity index (χ2v) is 3.63. The van der Waals surface area contributed by atoms with E-state index < -0.39 is 17.9 Å². The van der Waals surface area contributed by atoms with E-state index in [1.807, 2.05) is 0 Å². The van der Waals surface area contributed by atoms with Gasteiger partial charge in [-0.25, -0.2) is 4.39 Å². The van der Waals surface area contributed by atoms with Gasteiger partial charge in [-0.15, -0.1) is 0 Å². The largest absolute Gasteiger partial charge is 0.480 e. The summed E-state index contributed by atoms with van der Waals surface area (Å²) < 4.78 is 13.6. The summed E-state index contributed by atoms with van der Waals surface area (Å²) >= 11 is 0. The Labute approximate surface area is 87.7 Å². The molecule has 3 nitrogen and oxygen atoms in total. The van der Waals surface area contributed by atoms with Crippen molar-refractivity contribution < 1.29 is 14.3 Å². The minimum absolute atomic E-state index is 0.352. The molecule has 0 heterocycles. The van der Waals surface area contributed by atoms with Crippen molar-refractivity contribution in [1.29, 1.82) is 0 Å². The molecule has 0 aliphatic heterocycles. The molecule has 3 N–H and O–H groups in total. The lowest BCUT2D eigenvalue weighted by molar-refractivity contribution is -0.139. The highest BCUT2D eigenvalue weighted by atomic mass is 19.1. The topological polar surface area (TPSA) is 63.3 Å². The SMILES string of the molecule is Cc1cccc(C(C)C(N)C(=O)O)c1F. The lowest BCUT2D eigenvalue weighted by Gasteiger charge is -2.17. The number of carbonyl (C=O) groups is 1. The van der Waals surface area contributed by atoms with Crippen LogP contribution in [0, 0.1) is 12.7 Å². The van der Waals surface area contributed by atoms with Crippen molar-refractivity contribution in [3.8, 4) is 0 Å². The molecule has 0 saturated carbocycles. The Bertz CT molecular complexity index is 379. The number of benzene rings is 1. The van der Waals surface area contributed by atoms with Gasteiger partial charge in [0.1, 0.15) is 11.9 Å². The zero-order valence-corrected chi connectivity index (χ0v) is 8.70. The van der Waals surface area contributed by atoms with E-state index in [0.717, 1.165) is 0 Å². The minimum Gasteiger partial charge on any atom is -0.480 e. The van der Waals surface area contributed by atoms with Crippen molar-refractivity contribution >= 4 is 5.97 Å². The van der Waals surface area contributed by atoms with Gasteiger partial charge in [-0.1, -0.05) is 25.1 Å². The second-order valence-electron chi connectivity index (χ2n) is 3.63. The van der Waals surface area contributed by atoms with Gasteiger partial charge in [0.05, 0.1) is 0 Å². The van der Waals surface area contributed by atoms with Gasteiger partial charge in [0.25, 0.3) is 0 Å². The third-order valence-electron chi connectivity index (χ3n) is 2.54. The lowest BCUT2D eigenvalue weighted by atomic mass is 9.92. The fraction of sp³-hybridized carbons (Fsp3) is 0.364. The number of hydrogen-bond donors (Lipinski definition) is 2. The number of carboxylic acid groups (broad SMARTS) is 1. The summed E-state index contributed by atoms with van der Waals surface area (Å²) in [5, 5.41) is 8.73. The average molecular weight is 211 g/mol. The number of aliphatic carboxylic acids is 1. The first-order valence-electron chi connectivity index (χ1n) is 4.68. The number of aryl methyl sites for hydroxylation is 1. The Kier molecular flexibility index (Phi) is 3.42. The van der Waals surface area contributed by atoms with Crippen molar-refractivity contribution in [2.75, 3.05) is 0 Å². The summed E-state index contributed by atoms with van der Waals surface area (Å²) in [6.07, 6.45) is 0. The summed E-state index contributed by atoms with van der Waals surface area (Å²) in [5.74, 6) is -2.03. The quantitative estimate of drug-likeness (QED) is 0.799. The molecule has 15 heavy (non-hydrogen) atoms. The maximum absolute atomic E-state index is 13.6. The Morgan fingerprint density at radius 2 is 2.13 bits per heavy atom.